The zero-order valence-electron chi connectivity index (χ0n) is 13.5. The van der Waals surface area contributed by atoms with Gasteiger partial charge in [-0.1, -0.05) is 23.7 Å². The maximum Gasteiger partial charge on any atom is 0.228 e. The van der Waals surface area contributed by atoms with Gasteiger partial charge in [-0.15, -0.1) is 0 Å². The second-order valence-electron chi connectivity index (χ2n) is 6.36. The number of carbonyl (C=O) groups is 2. The SMILES string of the molecule is CCN1C(=O)CC[C@@H](C(=O)N2CCCC2)[C@@H]1c1cccc(Cl)c1. The van der Waals surface area contributed by atoms with E-state index >= 15 is 0 Å². The summed E-state index contributed by atoms with van der Waals surface area (Å²) in [4.78, 5) is 29.1. The fourth-order valence-electron chi connectivity index (χ4n) is 3.86. The maximum atomic E-state index is 13.0. The average Bonchev–Trinajstić information content (AvgIpc) is 3.08. The average molecular weight is 335 g/mol. The highest BCUT2D eigenvalue weighted by Crippen LogP contribution is 2.38. The van der Waals surface area contributed by atoms with E-state index in [1.807, 2.05) is 41.0 Å². The fourth-order valence-corrected chi connectivity index (χ4v) is 4.06. The van der Waals surface area contributed by atoms with Crippen LogP contribution in [-0.2, 0) is 9.59 Å². The van der Waals surface area contributed by atoms with Crippen LogP contribution in [0.15, 0.2) is 24.3 Å². The summed E-state index contributed by atoms with van der Waals surface area (Å²) in [7, 11) is 0. The summed E-state index contributed by atoms with van der Waals surface area (Å²) in [6.45, 7) is 4.27. The Labute approximate surface area is 142 Å². The van der Waals surface area contributed by atoms with Crippen LogP contribution in [-0.4, -0.2) is 41.2 Å². The number of amides is 2. The Hall–Kier alpha value is -1.55. The fraction of sp³-hybridized carbons (Fsp3) is 0.556. The molecule has 0 spiro atoms. The molecule has 0 unspecified atom stereocenters. The monoisotopic (exact) mass is 334 g/mol. The molecular weight excluding hydrogens is 312 g/mol. The minimum Gasteiger partial charge on any atom is -0.342 e. The molecule has 0 aliphatic carbocycles. The third kappa shape index (κ3) is 3.23. The van der Waals surface area contributed by atoms with E-state index in [1.165, 1.54) is 0 Å². The van der Waals surface area contributed by atoms with Crippen molar-refractivity contribution in [2.75, 3.05) is 19.6 Å². The summed E-state index contributed by atoms with van der Waals surface area (Å²) in [5.41, 5.74) is 0.963. The molecule has 2 amide bonds. The Morgan fingerprint density at radius 1 is 1.30 bits per heavy atom. The summed E-state index contributed by atoms with van der Waals surface area (Å²) in [5, 5.41) is 0.643. The molecule has 2 aliphatic rings. The highest BCUT2D eigenvalue weighted by Gasteiger charge is 2.41. The van der Waals surface area contributed by atoms with Gasteiger partial charge in [0.15, 0.2) is 0 Å². The van der Waals surface area contributed by atoms with Gasteiger partial charge >= 0.3 is 0 Å². The van der Waals surface area contributed by atoms with Crippen molar-refractivity contribution >= 4 is 23.4 Å². The Kier molecular flexibility index (Phi) is 4.90. The Morgan fingerprint density at radius 3 is 2.70 bits per heavy atom. The van der Waals surface area contributed by atoms with Crippen molar-refractivity contribution in [2.24, 2.45) is 5.92 Å². The molecule has 0 N–H and O–H groups in total. The molecule has 2 saturated heterocycles. The van der Waals surface area contributed by atoms with Crippen LogP contribution in [0.4, 0.5) is 0 Å². The van der Waals surface area contributed by atoms with Crippen molar-refractivity contribution in [3.8, 4) is 0 Å². The highest BCUT2D eigenvalue weighted by molar-refractivity contribution is 6.30. The standard InChI is InChI=1S/C18H23ClN2O2/c1-2-21-16(22)9-8-15(18(23)20-10-3-4-11-20)17(21)13-6-5-7-14(19)12-13/h5-7,12,15,17H,2-4,8-11H2,1H3/t15-,17+/m1/s1. The highest BCUT2D eigenvalue weighted by atomic mass is 35.5. The molecule has 2 atom stereocenters. The van der Waals surface area contributed by atoms with Gasteiger partial charge in [-0.05, 0) is 43.9 Å². The van der Waals surface area contributed by atoms with Crippen LogP contribution < -0.4 is 0 Å². The van der Waals surface area contributed by atoms with E-state index < -0.39 is 0 Å². The zero-order chi connectivity index (χ0) is 16.4. The predicted octanol–water partition coefficient (Wildman–Crippen LogP) is 3.26. The minimum atomic E-state index is -0.201. The molecule has 1 aromatic carbocycles. The molecule has 23 heavy (non-hydrogen) atoms. The van der Waals surface area contributed by atoms with Crippen molar-refractivity contribution in [1.29, 1.82) is 0 Å². The molecule has 2 fully saturated rings. The van der Waals surface area contributed by atoms with Crippen molar-refractivity contribution in [1.82, 2.24) is 9.80 Å². The van der Waals surface area contributed by atoms with E-state index in [4.69, 9.17) is 11.6 Å². The second kappa shape index (κ2) is 6.91. The van der Waals surface area contributed by atoms with Crippen molar-refractivity contribution in [2.45, 2.75) is 38.6 Å². The molecule has 1 aromatic rings. The van der Waals surface area contributed by atoms with E-state index in [2.05, 4.69) is 0 Å². The number of hydrogen-bond acceptors (Lipinski definition) is 2. The van der Waals surface area contributed by atoms with Gasteiger partial charge in [0.1, 0.15) is 0 Å². The van der Waals surface area contributed by atoms with Crippen LogP contribution in [0.1, 0.15) is 44.2 Å². The van der Waals surface area contributed by atoms with Crippen LogP contribution in [0.25, 0.3) is 0 Å². The smallest absolute Gasteiger partial charge is 0.228 e. The summed E-state index contributed by atoms with van der Waals surface area (Å²) < 4.78 is 0. The lowest BCUT2D eigenvalue weighted by atomic mass is 9.83. The maximum absolute atomic E-state index is 13.0. The first kappa shape index (κ1) is 16.3. The van der Waals surface area contributed by atoms with Crippen LogP contribution in [0, 0.1) is 5.92 Å². The minimum absolute atomic E-state index is 0.128. The number of rotatable bonds is 3. The molecule has 5 heteroatoms. The predicted molar refractivity (Wildman–Crippen MR) is 90.1 cm³/mol. The molecule has 3 rings (SSSR count). The van der Waals surface area contributed by atoms with Gasteiger partial charge in [0.25, 0.3) is 0 Å². The second-order valence-corrected chi connectivity index (χ2v) is 6.79. The van der Waals surface area contributed by atoms with Gasteiger partial charge in [-0.25, -0.2) is 0 Å². The van der Waals surface area contributed by atoms with Gasteiger partial charge in [0.05, 0.1) is 12.0 Å². The molecule has 0 aromatic heterocycles. The Bertz CT molecular complexity index is 598. The number of halogens is 1. The first-order chi connectivity index (χ1) is 11.1. The number of hydrogen-bond donors (Lipinski definition) is 0. The van der Waals surface area contributed by atoms with Crippen LogP contribution in [0.5, 0.6) is 0 Å². The summed E-state index contributed by atoms with van der Waals surface area (Å²) in [5.74, 6) is 0.158. The van der Waals surface area contributed by atoms with Crippen LogP contribution >= 0.6 is 11.6 Å². The van der Waals surface area contributed by atoms with Crippen LogP contribution in [0.2, 0.25) is 5.02 Å². The van der Waals surface area contributed by atoms with E-state index in [9.17, 15) is 9.59 Å². The molecule has 2 aliphatic heterocycles. The zero-order valence-corrected chi connectivity index (χ0v) is 14.3. The first-order valence-corrected chi connectivity index (χ1v) is 8.83. The molecule has 2 heterocycles. The quantitative estimate of drug-likeness (QED) is 0.851. The van der Waals surface area contributed by atoms with Crippen molar-refractivity contribution < 1.29 is 9.59 Å². The lowest BCUT2D eigenvalue weighted by molar-refractivity contribution is -0.147. The lowest BCUT2D eigenvalue weighted by Gasteiger charge is -2.41. The van der Waals surface area contributed by atoms with Gasteiger partial charge in [-0.3, -0.25) is 9.59 Å². The summed E-state index contributed by atoms with van der Waals surface area (Å²) in [6, 6.07) is 7.37. The van der Waals surface area contributed by atoms with Gasteiger partial charge < -0.3 is 9.80 Å². The number of nitrogens with zero attached hydrogens (tertiary/aromatic N) is 2. The first-order valence-electron chi connectivity index (χ1n) is 8.45. The van der Waals surface area contributed by atoms with Crippen molar-refractivity contribution in [3.05, 3.63) is 34.9 Å². The third-order valence-corrected chi connectivity index (χ3v) is 5.21. The van der Waals surface area contributed by atoms with E-state index in [0.29, 0.717) is 24.4 Å². The number of likely N-dealkylation sites (tertiary alicyclic amines) is 2. The van der Waals surface area contributed by atoms with Crippen molar-refractivity contribution in [3.63, 3.8) is 0 Å². The lowest BCUT2D eigenvalue weighted by Crippen LogP contribution is -2.48. The topological polar surface area (TPSA) is 40.6 Å². The van der Waals surface area contributed by atoms with E-state index in [1.54, 1.807) is 0 Å². The largest absolute Gasteiger partial charge is 0.342 e. The van der Waals surface area contributed by atoms with Gasteiger partial charge in [0.2, 0.25) is 11.8 Å². The van der Waals surface area contributed by atoms with E-state index in [0.717, 1.165) is 31.5 Å². The molecule has 124 valence electrons. The summed E-state index contributed by atoms with van der Waals surface area (Å²) in [6.07, 6.45) is 3.24. The molecule has 4 nitrogen and oxygen atoms in total. The molecular formula is C18H23ClN2O2. The number of carbonyl (C=O) groups excluding carboxylic acids is 2. The molecule has 0 saturated carbocycles. The van der Waals surface area contributed by atoms with Gasteiger partial charge in [0, 0.05) is 31.1 Å². The van der Waals surface area contributed by atoms with Gasteiger partial charge in [-0.2, -0.15) is 0 Å². The number of piperidine rings is 1. The Balaban J connectivity index is 1.95. The molecule has 0 bridgehead atoms. The third-order valence-electron chi connectivity index (χ3n) is 4.97. The number of benzene rings is 1. The van der Waals surface area contributed by atoms with Crippen LogP contribution in [0.3, 0.4) is 0 Å². The normalized spacial score (nSPS) is 25.0. The summed E-state index contributed by atoms with van der Waals surface area (Å²) >= 11 is 6.15. The molecule has 0 radical (unpaired) electrons. The van der Waals surface area contributed by atoms with E-state index in [-0.39, 0.29) is 23.8 Å². The Morgan fingerprint density at radius 2 is 2.04 bits per heavy atom.